The molecular weight excluding hydrogens is 326 g/mol. The Hall–Kier alpha value is -2.62. The second-order valence-electron chi connectivity index (χ2n) is 7.20. The molecule has 4 rings (SSSR count). The van der Waals surface area contributed by atoms with Gasteiger partial charge in [-0.1, -0.05) is 43.5 Å². The summed E-state index contributed by atoms with van der Waals surface area (Å²) < 4.78 is 5.98. The molecule has 1 fully saturated rings. The number of hydrogen-bond acceptors (Lipinski definition) is 3. The molecule has 1 aliphatic heterocycles. The van der Waals surface area contributed by atoms with Gasteiger partial charge in [0.05, 0.1) is 24.3 Å². The average Bonchev–Trinajstić information content (AvgIpc) is 2.93. The van der Waals surface area contributed by atoms with Crippen molar-refractivity contribution in [2.75, 3.05) is 6.61 Å². The third-order valence-electron chi connectivity index (χ3n) is 5.33. The van der Waals surface area contributed by atoms with Crippen molar-refractivity contribution in [3.63, 3.8) is 0 Å². The van der Waals surface area contributed by atoms with Crippen LogP contribution in [0.15, 0.2) is 48.5 Å². The highest BCUT2D eigenvalue weighted by atomic mass is 16.5. The Balaban J connectivity index is 1.43. The number of hydrogen-bond donors (Lipinski definition) is 0. The predicted octanol–water partition coefficient (Wildman–Crippen LogP) is 4.44. The summed E-state index contributed by atoms with van der Waals surface area (Å²) in [4.78, 5) is 26.3. The molecule has 4 heteroatoms. The zero-order valence-electron chi connectivity index (χ0n) is 14.8. The van der Waals surface area contributed by atoms with Crippen molar-refractivity contribution in [3.05, 3.63) is 65.2 Å². The molecule has 4 nitrogen and oxygen atoms in total. The first-order valence-electron chi connectivity index (χ1n) is 9.39. The van der Waals surface area contributed by atoms with Crippen LogP contribution in [0.2, 0.25) is 0 Å². The number of rotatable bonds is 5. The van der Waals surface area contributed by atoms with Crippen molar-refractivity contribution in [2.24, 2.45) is 5.92 Å². The number of nitrogens with zero attached hydrogens (tertiary/aromatic N) is 1. The number of ether oxygens (including phenoxy) is 1. The first-order chi connectivity index (χ1) is 12.7. The van der Waals surface area contributed by atoms with Crippen LogP contribution in [0.1, 0.15) is 58.4 Å². The van der Waals surface area contributed by atoms with Crippen LogP contribution in [0.25, 0.3) is 0 Å². The first kappa shape index (κ1) is 16.8. The number of fused-ring (bicyclic) bond motifs is 1. The largest absolute Gasteiger partial charge is 0.493 e. The number of benzene rings is 2. The molecule has 2 amide bonds. The topological polar surface area (TPSA) is 46.6 Å². The van der Waals surface area contributed by atoms with Gasteiger partial charge in [-0.05, 0) is 48.6 Å². The van der Waals surface area contributed by atoms with Gasteiger partial charge in [0.1, 0.15) is 5.75 Å². The van der Waals surface area contributed by atoms with Crippen LogP contribution >= 0.6 is 0 Å². The van der Waals surface area contributed by atoms with E-state index in [4.69, 9.17) is 4.74 Å². The van der Waals surface area contributed by atoms with Crippen molar-refractivity contribution >= 4 is 11.8 Å². The molecule has 2 aromatic rings. The van der Waals surface area contributed by atoms with E-state index in [-0.39, 0.29) is 18.4 Å². The number of carbonyl (C=O) groups excluding carboxylic acids is 2. The number of imide groups is 1. The minimum atomic E-state index is -0.223. The molecule has 0 unspecified atom stereocenters. The van der Waals surface area contributed by atoms with E-state index in [1.54, 1.807) is 24.3 Å². The summed E-state index contributed by atoms with van der Waals surface area (Å²) in [5.41, 5.74) is 1.88. The number of amides is 2. The molecule has 0 bridgehead atoms. The molecule has 26 heavy (non-hydrogen) atoms. The van der Waals surface area contributed by atoms with Crippen molar-refractivity contribution in [1.82, 2.24) is 4.90 Å². The van der Waals surface area contributed by atoms with Gasteiger partial charge in [0, 0.05) is 0 Å². The lowest BCUT2D eigenvalue weighted by atomic mass is 9.90. The van der Waals surface area contributed by atoms with E-state index in [1.165, 1.54) is 37.0 Å². The Morgan fingerprint density at radius 3 is 2.27 bits per heavy atom. The van der Waals surface area contributed by atoms with E-state index in [1.807, 2.05) is 24.3 Å². The molecule has 0 saturated heterocycles. The Morgan fingerprint density at radius 2 is 1.58 bits per heavy atom. The van der Waals surface area contributed by atoms with Crippen LogP contribution in [0, 0.1) is 5.92 Å². The fraction of sp³-hybridized carbons (Fsp3) is 0.364. The van der Waals surface area contributed by atoms with Crippen LogP contribution in [0.4, 0.5) is 0 Å². The van der Waals surface area contributed by atoms with Gasteiger partial charge in [-0.2, -0.15) is 0 Å². The summed E-state index contributed by atoms with van der Waals surface area (Å²) in [5.74, 6) is 1.01. The molecule has 0 spiro atoms. The summed E-state index contributed by atoms with van der Waals surface area (Å²) in [6, 6.07) is 14.7. The summed E-state index contributed by atoms with van der Waals surface area (Å²) in [5, 5.41) is 0. The molecule has 1 heterocycles. The lowest BCUT2D eigenvalue weighted by Crippen LogP contribution is -2.29. The van der Waals surface area contributed by atoms with Crippen molar-refractivity contribution in [2.45, 2.75) is 38.6 Å². The Kier molecular flexibility index (Phi) is 4.74. The van der Waals surface area contributed by atoms with E-state index in [2.05, 4.69) is 0 Å². The van der Waals surface area contributed by atoms with Crippen LogP contribution in [0.3, 0.4) is 0 Å². The van der Waals surface area contributed by atoms with Gasteiger partial charge in [0.15, 0.2) is 0 Å². The quantitative estimate of drug-likeness (QED) is 0.750. The smallest absolute Gasteiger partial charge is 0.261 e. The van der Waals surface area contributed by atoms with E-state index in [0.717, 1.165) is 17.9 Å². The molecular formula is C22H23NO3. The Labute approximate surface area is 153 Å². The van der Waals surface area contributed by atoms with Crippen molar-refractivity contribution in [1.29, 1.82) is 0 Å². The average molecular weight is 349 g/mol. The van der Waals surface area contributed by atoms with E-state index in [0.29, 0.717) is 17.0 Å². The highest BCUT2D eigenvalue weighted by molar-refractivity contribution is 6.21. The minimum absolute atomic E-state index is 0.223. The Morgan fingerprint density at radius 1 is 0.885 bits per heavy atom. The third kappa shape index (κ3) is 3.36. The van der Waals surface area contributed by atoms with Gasteiger partial charge >= 0.3 is 0 Å². The standard InChI is InChI=1S/C22H23NO3/c24-21-19-11-4-5-12-20(19)22(25)23(21)14-17-9-6-10-18(13-17)26-15-16-7-2-1-3-8-16/h4-6,9-13,16H,1-3,7-8,14-15H2. The van der Waals surface area contributed by atoms with E-state index in [9.17, 15) is 9.59 Å². The predicted molar refractivity (Wildman–Crippen MR) is 99.2 cm³/mol. The number of carbonyl (C=O) groups is 2. The van der Waals surface area contributed by atoms with Gasteiger partial charge in [-0.15, -0.1) is 0 Å². The van der Waals surface area contributed by atoms with E-state index < -0.39 is 0 Å². The lowest BCUT2D eigenvalue weighted by molar-refractivity contribution is 0.0642. The van der Waals surface area contributed by atoms with Crippen molar-refractivity contribution < 1.29 is 14.3 Å². The van der Waals surface area contributed by atoms with Crippen LogP contribution < -0.4 is 4.74 Å². The van der Waals surface area contributed by atoms with Crippen molar-refractivity contribution in [3.8, 4) is 5.75 Å². The maximum atomic E-state index is 12.5. The molecule has 0 atom stereocenters. The highest BCUT2D eigenvalue weighted by Gasteiger charge is 2.34. The molecule has 1 aliphatic carbocycles. The Bertz CT molecular complexity index is 789. The molecule has 1 saturated carbocycles. The molecule has 0 radical (unpaired) electrons. The van der Waals surface area contributed by atoms with Gasteiger partial charge in [0.25, 0.3) is 11.8 Å². The summed E-state index contributed by atoms with van der Waals surface area (Å²) >= 11 is 0. The van der Waals surface area contributed by atoms with Crippen LogP contribution in [0.5, 0.6) is 5.75 Å². The SMILES string of the molecule is O=C1c2ccccc2C(=O)N1Cc1cccc(OCC2CCCCC2)c1. The van der Waals surface area contributed by atoms with Crippen LogP contribution in [-0.2, 0) is 6.54 Å². The third-order valence-corrected chi connectivity index (χ3v) is 5.33. The zero-order chi connectivity index (χ0) is 17.9. The normalized spacial score (nSPS) is 17.5. The molecule has 0 aromatic heterocycles. The van der Waals surface area contributed by atoms with Gasteiger partial charge < -0.3 is 4.74 Å². The highest BCUT2D eigenvalue weighted by Crippen LogP contribution is 2.27. The molecule has 0 N–H and O–H groups in total. The van der Waals surface area contributed by atoms with E-state index >= 15 is 0 Å². The fourth-order valence-corrected chi connectivity index (χ4v) is 3.87. The maximum Gasteiger partial charge on any atom is 0.261 e. The molecule has 2 aliphatic rings. The first-order valence-corrected chi connectivity index (χ1v) is 9.39. The maximum absolute atomic E-state index is 12.5. The second-order valence-corrected chi connectivity index (χ2v) is 7.20. The molecule has 134 valence electrons. The van der Waals surface area contributed by atoms with Gasteiger partial charge in [-0.25, -0.2) is 0 Å². The van der Waals surface area contributed by atoms with Crippen LogP contribution in [-0.4, -0.2) is 23.3 Å². The van der Waals surface area contributed by atoms with Gasteiger partial charge in [-0.3, -0.25) is 14.5 Å². The lowest BCUT2D eigenvalue weighted by Gasteiger charge is -2.22. The zero-order valence-corrected chi connectivity index (χ0v) is 14.8. The monoisotopic (exact) mass is 349 g/mol. The minimum Gasteiger partial charge on any atom is -0.493 e. The second kappa shape index (κ2) is 7.32. The summed E-state index contributed by atoms with van der Waals surface area (Å²) in [7, 11) is 0. The fourth-order valence-electron chi connectivity index (χ4n) is 3.87. The van der Waals surface area contributed by atoms with Gasteiger partial charge in [0.2, 0.25) is 0 Å². The molecule has 2 aromatic carbocycles. The summed E-state index contributed by atoms with van der Waals surface area (Å²) in [6.07, 6.45) is 6.43. The summed E-state index contributed by atoms with van der Waals surface area (Å²) in [6.45, 7) is 1.02.